The van der Waals surface area contributed by atoms with E-state index < -0.39 is 35.2 Å². The molecule has 1 saturated heterocycles. The Morgan fingerprint density at radius 3 is 2.54 bits per heavy atom. The molecule has 198 valence electrons. The number of phenolic OH excluding ortho intramolecular Hbond substituents is 1. The molecule has 4 atom stereocenters. The van der Waals surface area contributed by atoms with E-state index in [0.29, 0.717) is 25.8 Å². The lowest BCUT2D eigenvalue weighted by molar-refractivity contribution is -0.157. The van der Waals surface area contributed by atoms with Gasteiger partial charge < -0.3 is 15.2 Å². The van der Waals surface area contributed by atoms with Crippen molar-refractivity contribution in [1.29, 1.82) is 0 Å². The van der Waals surface area contributed by atoms with Gasteiger partial charge in [-0.3, -0.25) is 14.5 Å². The minimum atomic E-state index is -4.84. The van der Waals surface area contributed by atoms with Crippen LogP contribution in [0.15, 0.2) is 60.2 Å². The second kappa shape index (κ2) is 10.6. The molecule has 9 heteroatoms. The number of benzene rings is 2. The smallest absolute Gasteiger partial charge is 0.421 e. The summed E-state index contributed by atoms with van der Waals surface area (Å²) in [7, 11) is 1.74. The molecule has 0 bridgehead atoms. The summed E-state index contributed by atoms with van der Waals surface area (Å²) in [5.74, 6) is -1.68. The Morgan fingerprint density at radius 2 is 1.89 bits per heavy atom. The van der Waals surface area contributed by atoms with E-state index in [1.54, 1.807) is 43.4 Å². The highest BCUT2D eigenvalue weighted by atomic mass is 19.4. The number of nitrogens with zero attached hydrogens (tertiary/aromatic N) is 1. The summed E-state index contributed by atoms with van der Waals surface area (Å²) in [6.07, 6.45) is -2.68. The number of ether oxygens (including phenoxy) is 1. The number of hydrogen-bond donors (Lipinski definition) is 2. The van der Waals surface area contributed by atoms with Gasteiger partial charge in [-0.2, -0.15) is 13.2 Å². The summed E-state index contributed by atoms with van der Waals surface area (Å²) >= 11 is 0. The van der Waals surface area contributed by atoms with Crippen molar-refractivity contribution in [3.63, 3.8) is 0 Å². The third-order valence-electron chi connectivity index (χ3n) is 7.54. The zero-order chi connectivity index (χ0) is 26.8. The summed E-state index contributed by atoms with van der Waals surface area (Å²) < 4.78 is 47.4. The fourth-order valence-corrected chi connectivity index (χ4v) is 5.87. The van der Waals surface area contributed by atoms with Gasteiger partial charge in [-0.25, -0.2) is 0 Å². The van der Waals surface area contributed by atoms with E-state index in [1.807, 2.05) is 11.0 Å². The van der Waals surface area contributed by atoms with Crippen LogP contribution in [0.3, 0.4) is 0 Å². The average molecular weight is 517 g/mol. The Morgan fingerprint density at radius 1 is 1.16 bits per heavy atom. The van der Waals surface area contributed by atoms with Gasteiger partial charge in [0.1, 0.15) is 17.4 Å². The molecular weight excluding hydrogens is 485 g/mol. The fourth-order valence-electron chi connectivity index (χ4n) is 5.87. The van der Waals surface area contributed by atoms with Crippen LogP contribution >= 0.6 is 0 Å². The number of halogens is 3. The number of phenols is 1. The molecule has 1 aliphatic heterocycles. The second-order valence-electron chi connectivity index (χ2n) is 9.95. The minimum Gasteiger partial charge on any atom is -0.508 e. The lowest BCUT2D eigenvalue weighted by atomic mass is 9.57. The van der Waals surface area contributed by atoms with Gasteiger partial charge in [0.25, 0.3) is 5.91 Å². The van der Waals surface area contributed by atoms with E-state index in [9.17, 15) is 27.9 Å². The minimum absolute atomic E-state index is 0.0740. The average Bonchev–Trinajstić information content (AvgIpc) is 2.83. The number of esters is 1. The number of nitrogens with one attached hydrogen (secondary N) is 1. The van der Waals surface area contributed by atoms with Crippen molar-refractivity contribution in [2.75, 3.05) is 13.6 Å². The highest BCUT2D eigenvalue weighted by Gasteiger charge is 2.53. The molecule has 1 heterocycles. The zero-order valence-corrected chi connectivity index (χ0v) is 20.8. The Balaban J connectivity index is 1.67. The van der Waals surface area contributed by atoms with Crippen molar-refractivity contribution < 1.29 is 32.6 Å². The molecule has 0 spiro atoms. The molecular formula is C28H31F3N2O4. The number of piperidine rings is 1. The van der Waals surface area contributed by atoms with E-state index >= 15 is 0 Å². The monoisotopic (exact) mass is 516 g/mol. The lowest BCUT2D eigenvalue weighted by Crippen LogP contribution is -2.63. The quantitative estimate of drug-likeness (QED) is 0.442. The van der Waals surface area contributed by atoms with E-state index in [0.717, 1.165) is 18.1 Å². The Labute approximate surface area is 214 Å². The molecule has 2 aromatic carbocycles. The first-order valence-corrected chi connectivity index (χ1v) is 12.3. The number of alkyl halides is 3. The number of rotatable bonds is 5. The number of carbonyl (C=O) groups excluding carboxylic acids is 2. The highest BCUT2D eigenvalue weighted by Crippen LogP contribution is 2.51. The highest BCUT2D eigenvalue weighted by molar-refractivity contribution is 5.99. The molecule has 0 aromatic heterocycles. The Kier molecular flexibility index (Phi) is 7.64. The van der Waals surface area contributed by atoms with Crippen LogP contribution in [0.5, 0.6) is 5.75 Å². The van der Waals surface area contributed by atoms with Crippen LogP contribution in [0, 0.1) is 5.92 Å². The standard InChI is InChI=1S/C28H31F3N2O4/c1-18(34)37-24-12-7-13-27(20-10-6-11-21(35)15-20)16-25(33(2)17-23(24)27)32-26(36)22(28(29,30)31)14-19-8-4-3-5-9-19/h3-6,8-11,14-15,23-25,35H,7,12-13,16-17H2,1-2H3,(H,32,36)/t23?,24?,25-,27-/m0/s1. The second-order valence-corrected chi connectivity index (χ2v) is 9.95. The summed E-state index contributed by atoms with van der Waals surface area (Å²) in [6, 6.07) is 14.7. The summed E-state index contributed by atoms with van der Waals surface area (Å²) in [4.78, 5) is 26.7. The van der Waals surface area contributed by atoms with Crippen LogP contribution < -0.4 is 5.32 Å². The van der Waals surface area contributed by atoms with Gasteiger partial charge in [-0.15, -0.1) is 0 Å². The molecule has 0 radical (unpaired) electrons. The number of amides is 1. The lowest BCUT2D eigenvalue weighted by Gasteiger charge is -2.55. The molecule has 2 fully saturated rings. The molecule has 1 aliphatic carbocycles. The van der Waals surface area contributed by atoms with Crippen LogP contribution in [-0.2, 0) is 19.7 Å². The van der Waals surface area contributed by atoms with Crippen molar-refractivity contribution in [2.45, 2.75) is 56.5 Å². The van der Waals surface area contributed by atoms with Gasteiger partial charge in [-0.1, -0.05) is 42.5 Å². The Bertz CT molecular complexity index is 1170. The van der Waals surface area contributed by atoms with Crippen molar-refractivity contribution in [1.82, 2.24) is 10.2 Å². The third kappa shape index (κ3) is 5.82. The maximum Gasteiger partial charge on any atom is 0.421 e. The number of fused-ring (bicyclic) bond motifs is 1. The van der Waals surface area contributed by atoms with Crippen molar-refractivity contribution in [3.8, 4) is 5.75 Å². The molecule has 2 N–H and O–H groups in total. The maximum absolute atomic E-state index is 13.9. The maximum atomic E-state index is 13.9. The summed E-state index contributed by atoms with van der Waals surface area (Å²) in [5, 5.41) is 12.8. The zero-order valence-electron chi connectivity index (χ0n) is 20.8. The Hall–Kier alpha value is -3.33. The predicted molar refractivity (Wildman–Crippen MR) is 132 cm³/mol. The van der Waals surface area contributed by atoms with Gasteiger partial charge in [0.2, 0.25) is 0 Å². The van der Waals surface area contributed by atoms with Crippen molar-refractivity contribution >= 4 is 18.0 Å². The van der Waals surface area contributed by atoms with E-state index in [-0.39, 0.29) is 23.3 Å². The first kappa shape index (κ1) is 26.7. The molecule has 4 rings (SSSR count). The SMILES string of the molecule is CC(=O)OC1CCC[C@@]2(c3cccc(O)c3)C[C@@H](NC(=O)C(=Cc3ccccc3)C(F)(F)F)N(C)CC12. The van der Waals surface area contributed by atoms with Crippen LogP contribution in [-0.4, -0.2) is 53.9 Å². The van der Waals surface area contributed by atoms with Gasteiger partial charge in [0.15, 0.2) is 0 Å². The van der Waals surface area contributed by atoms with Crippen molar-refractivity contribution in [2.24, 2.45) is 5.92 Å². The molecule has 2 unspecified atom stereocenters. The van der Waals surface area contributed by atoms with E-state index in [4.69, 9.17) is 4.74 Å². The van der Waals surface area contributed by atoms with Crippen LogP contribution in [0.4, 0.5) is 13.2 Å². The molecule has 37 heavy (non-hydrogen) atoms. The third-order valence-corrected chi connectivity index (χ3v) is 7.54. The van der Waals surface area contributed by atoms with Gasteiger partial charge >= 0.3 is 12.1 Å². The van der Waals surface area contributed by atoms with Gasteiger partial charge in [0, 0.05) is 24.8 Å². The van der Waals surface area contributed by atoms with E-state index in [1.165, 1.54) is 19.1 Å². The predicted octanol–water partition coefficient (Wildman–Crippen LogP) is 4.79. The number of hydrogen-bond acceptors (Lipinski definition) is 5. The van der Waals surface area contributed by atoms with Crippen LogP contribution in [0.2, 0.25) is 0 Å². The number of likely N-dealkylation sites (tertiary alicyclic amines) is 1. The topological polar surface area (TPSA) is 78.9 Å². The summed E-state index contributed by atoms with van der Waals surface area (Å²) in [6.45, 7) is 1.75. The first-order chi connectivity index (χ1) is 17.5. The van der Waals surface area contributed by atoms with Gasteiger partial charge in [-0.05, 0) is 62.1 Å². The molecule has 2 aliphatic rings. The number of aromatic hydroxyl groups is 1. The van der Waals surface area contributed by atoms with Gasteiger partial charge in [0.05, 0.1) is 6.17 Å². The van der Waals surface area contributed by atoms with E-state index in [2.05, 4.69) is 5.32 Å². The fraction of sp³-hybridized carbons (Fsp3) is 0.429. The normalized spacial score (nSPS) is 26.7. The number of carbonyl (C=O) groups is 2. The molecule has 1 amide bonds. The summed E-state index contributed by atoms with van der Waals surface area (Å²) in [5.41, 5.74) is -0.794. The molecule has 1 saturated carbocycles. The van der Waals surface area contributed by atoms with Crippen LogP contribution in [0.1, 0.15) is 43.7 Å². The van der Waals surface area contributed by atoms with Crippen molar-refractivity contribution in [3.05, 3.63) is 71.3 Å². The molecule has 6 nitrogen and oxygen atoms in total. The molecule has 2 aromatic rings. The largest absolute Gasteiger partial charge is 0.508 e. The first-order valence-electron chi connectivity index (χ1n) is 12.3. The van der Waals surface area contributed by atoms with Crippen LogP contribution in [0.25, 0.3) is 6.08 Å².